The number of carbonyl (C=O) groups is 1. The van der Waals surface area contributed by atoms with Crippen molar-refractivity contribution in [2.75, 3.05) is 13.2 Å². The Morgan fingerprint density at radius 1 is 0.800 bits per heavy atom. The molecule has 0 aliphatic rings. The molecule has 0 aliphatic heterocycles. The molecular formula is C21H42O4. The molecule has 0 radical (unpaired) electrons. The van der Waals surface area contributed by atoms with Gasteiger partial charge in [-0.3, -0.25) is 4.79 Å². The van der Waals surface area contributed by atoms with Gasteiger partial charge in [-0.2, -0.15) is 0 Å². The van der Waals surface area contributed by atoms with Crippen LogP contribution in [0.2, 0.25) is 0 Å². The summed E-state index contributed by atoms with van der Waals surface area (Å²) in [5.41, 5.74) is 0. The highest BCUT2D eigenvalue weighted by molar-refractivity contribution is 5.69. The van der Waals surface area contributed by atoms with Crippen LogP contribution < -0.4 is 0 Å². The summed E-state index contributed by atoms with van der Waals surface area (Å²) in [6.45, 7) is 4.13. The van der Waals surface area contributed by atoms with Gasteiger partial charge in [0, 0.05) is 6.42 Å². The summed E-state index contributed by atoms with van der Waals surface area (Å²) in [6, 6.07) is 0. The van der Waals surface area contributed by atoms with E-state index in [0.29, 0.717) is 6.42 Å². The molecule has 0 rings (SSSR count). The van der Waals surface area contributed by atoms with Crippen LogP contribution in [0, 0.1) is 5.92 Å². The zero-order valence-corrected chi connectivity index (χ0v) is 16.7. The van der Waals surface area contributed by atoms with E-state index in [4.69, 9.17) is 14.9 Å². The van der Waals surface area contributed by atoms with Crippen LogP contribution in [0.25, 0.3) is 0 Å². The lowest BCUT2D eigenvalue weighted by Gasteiger charge is -2.08. The van der Waals surface area contributed by atoms with Crippen molar-refractivity contribution in [2.24, 2.45) is 5.92 Å². The minimum Gasteiger partial charge on any atom is -0.463 e. The van der Waals surface area contributed by atoms with Crippen LogP contribution >= 0.6 is 0 Å². The predicted molar refractivity (Wildman–Crippen MR) is 104 cm³/mol. The molecule has 0 aromatic carbocycles. The molecule has 0 aromatic heterocycles. The third kappa shape index (κ3) is 19.6. The topological polar surface area (TPSA) is 66.8 Å². The highest BCUT2D eigenvalue weighted by atomic mass is 16.5. The van der Waals surface area contributed by atoms with Gasteiger partial charge in [0.2, 0.25) is 0 Å². The normalized spacial score (nSPS) is 12.5. The Hall–Kier alpha value is -0.610. The third-order valence-corrected chi connectivity index (χ3v) is 4.56. The van der Waals surface area contributed by atoms with Crippen LogP contribution in [0.4, 0.5) is 0 Å². The fourth-order valence-electron chi connectivity index (χ4n) is 2.90. The van der Waals surface area contributed by atoms with E-state index in [0.717, 1.165) is 18.8 Å². The molecule has 0 saturated heterocycles. The molecule has 150 valence electrons. The van der Waals surface area contributed by atoms with Crippen LogP contribution in [0.3, 0.4) is 0 Å². The molecule has 0 aliphatic carbocycles. The summed E-state index contributed by atoms with van der Waals surface area (Å²) in [5.74, 6) is 0.575. The van der Waals surface area contributed by atoms with Crippen LogP contribution in [-0.4, -0.2) is 35.5 Å². The third-order valence-electron chi connectivity index (χ3n) is 4.56. The van der Waals surface area contributed by atoms with Crippen LogP contribution in [0.15, 0.2) is 0 Å². The average molecular weight is 359 g/mol. The summed E-state index contributed by atoms with van der Waals surface area (Å²) in [6.07, 6.45) is 16.2. The number of hydrogen-bond acceptors (Lipinski definition) is 4. The number of hydrogen-bond donors (Lipinski definition) is 2. The Morgan fingerprint density at radius 3 is 1.68 bits per heavy atom. The number of ether oxygens (including phenoxy) is 1. The van der Waals surface area contributed by atoms with E-state index in [1.165, 1.54) is 70.6 Å². The second-order valence-corrected chi connectivity index (χ2v) is 7.69. The second kappa shape index (κ2) is 18.2. The Morgan fingerprint density at radius 2 is 1.24 bits per heavy atom. The van der Waals surface area contributed by atoms with Gasteiger partial charge in [0.25, 0.3) is 0 Å². The lowest BCUT2D eigenvalue weighted by Crippen LogP contribution is -2.21. The number of aliphatic hydroxyl groups is 2. The number of carbonyl (C=O) groups excluding carboxylic acids is 1. The van der Waals surface area contributed by atoms with Crippen molar-refractivity contribution in [1.82, 2.24) is 0 Å². The molecule has 0 amide bonds. The second-order valence-electron chi connectivity index (χ2n) is 7.69. The van der Waals surface area contributed by atoms with Crippen molar-refractivity contribution in [3.8, 4) is 0 Å². The fraction of sp³-hybridized carbons (Fsp3) is 0.952. The van der Waals surface area contributed by atoms with E-state index >= 15 is 0 Å². The molecular weight excluding hydrogens is 316 g/mol. The van der Waals surface area contributed by atoms with Gasteiger partial charge in [-0.15, -0.1) is 0 Å². The first-order valence-corrected chi connectivity index (χ1v) is 10.5. The highest BCUT2D eigenvalue weighted by Crippen LogP contribution is 2.14. The molecule has 1 atom stereocenters. The summed E-state index contributed by atoms with van der Waals surface area (Å²) in [4.78, 5) is 11.4. The lowest BCUT2D eigenvalue weighted by molar-refractivity contribution is -0.147. The lowest BCUT2D eigenvalue weighted by atomic mass is 10.0. The van der Waals surface area contributed by atoms with Crippen molar-refractivity contribution >= 4 is 5.97 Å². The molecule has 2 N–H and O–H groups in total. The maximum Gasteiger partial charge on any atom is 0.305 e. The molecule has 0 heterocycles. The van der Waals surface area contributed by atoms with Gasteiger partial charge in [-0.1, -0.05) is 90.9 Å². The van der Waals surface area contributed by atoms with Crippen LogP contribution in [-0.2, 0) is 9.53 Å². The van der Waals surface area contributed by atoms with Gasteiger partial charge >= 0.3 is 5.97 Å². The smallest absolute Gasteiger partial charge is 0.305 e. The monoisotopic (exact) mass is 358 g/mol. The maximum absolute atomic E-state index is 11.4. The van der Waals surface area contributed by atoms with E-state index in [2.05, 4.69) is 13.8 Å². The van der Waals surface area contributed by atoms with Crippen LogP contribution in [0.5, 0.6) is 0 Å². The SMILES string of the molecule is CC(C)CCCCCCCCCCCCCCC(=O)OC[C@@H](O)CO. The molecule has 0 aromatic rings. The first-order chi connectivity index (χ1) is 12.1. The van der Waals surface area contributed by atoms with Crippen molar-refractivity contribution in [1.29, 1.82) is 0 Å². The molecule has 25 heavy (non-hydrogen) atoms. The van der Waals surface area contributed by atoms with Crippen molar-refractivity contribution < 1.29 is 19.7 Å². The van der Waals surface area contributed by atoms with E-state index < -0.39 is 6.10 Å². The standard InChI is InChI=1S/C21H42O4/c1-19(2)15-13-11-9-7-5-3-4-6-8-10-12-14-16-21(24)25-18-20(23)17-22/h19-20,22-23H,3-18H2,1-2H3/t20-/m0/s1. The van der Waals surface area contributed by atoms with Gasteiger partial charge in [-0.25, -0.2) is 0 Å². The summed E-state index contributed by atoms with van der Waals surface area (Å²) in [7, 11) is 0. The van der Waals surface area contributed by atoms with Gasteiger partial charge < -0.3 is 14.9 Å². The largest absolute Gasteiger partial charge is 0.463 e. The van der Waals surface area contributed by atoms with Gasteiger partial charge in [0.05, 0.1) is 6.61 Å². The molecule has 0 bridgehead atoms. The molecule has 0 unspecified atom stereocenters. The number of esters is 1. The maximum atomic E-state index is 11.4. The average Bonchev–Trinajstić information content (AvgIpc) is 2.59. The number of unbranched alkanes of at least 4 members (excludes halogenated alkanes) is 11. The molecule has 0 fully saturated rings. The minimum atomic E-state index is -0.955. The summed E-state index contributed by atoms with van der Waals surface area (Å²) < 4.78 is 4.86. The van der Waals surface area contributed by atoms with E-state index in [9.17, 15) is 4.79 Å². The molecule has 4 heteroatoms. The number of rotatable bonds is 18. The van der Waals surface area contributed by atoms with E-state index in [1.54, 1.807) is 0 Å². The quantitative estimate of drug-likeness (QED) is 0.267. The van der Waals surface area contributed by atoms with Gasteiger partial charge in [0.1, 0.15) is 12.7 Å². The Labute approximate surface area is 155 Å². The molecule has 0 spiro atoms. The summed E-state index contributed by atoms with van der Waals surface area (Å²) in [5, 5.41) is 17.7. The number of aliphatic hydroxyl groups excluding tert-OH is 2. The zero-order chi connectivity index (χ0) is 18.8. The van der Waals surface area contributed by atoms with E-state index in [-0.39, 0.29) is 19.2 Å². The Bertz CT molecular complexity index is 292. The minimum absolute atomic E-state index is 0.104. The first-order valence-electron chi connectivity index (χ1n) is 10.5. The summed E-state index contributed by atoms with van der Waals surface area (Å²) >= 11 is 0. The highest BCUT2D eigenvalue weighted by Gasteiger charge is 2.07. The van der Waals surface area contributed by atoms with Crippen molar-refractivity contribution in [2.45, 2.75) is 110 Å². The van der Waals surface area contributed by atoms with Gasteiger partial charge in [0.15, 0.2) is 0 Å². The van der Waals surface area contributed by atoms with E-state index in [1.807, 2.05) is 0 Å². The first kappa shape index (κ1) is 24.4. The zero-order valence-electron chi connectivity index (χ0n) is 16.7. The Kier molecular flexibility index (Phi) is 17.7. The Balaban J connectivity index is 3.15. The van der Waals surface area contributed by atoms with Crippen molar-refractivity contribution in [3.05, 3.63) is 0 Å². The van der Waals surface area contributed by atoms with Gasteiger partial charge in [-0.05, 0) is 12.3 Å². The predicted octanol–water partition coefficient (Wildman–Crippen LogP) is 5.00. The molecule has 4 nitrogen and oxygen atoms in total. The van der Waals surface area contributed by atoms with Crippen LogP contribution in [0.1, 0.15) is 104 Å². The molecule has 0 saturated carbocycles. The van der Waals surface area contributed by atoms with Crippen molar-refractivity contribution in [3.63, 3.8) is 0 Å². The fourth-order valence-corrected chi connectivity index (χ4v) is 2.90.